The van der Waals surface area contributed by atoms with Crippen molar-refractivity contribution in [2.24, 2.45) is 5.16 Å². The highest BCUT2D eigenvalue weighted by Gasteiger charge is 2.12. The van der Waals surface area contributed by atoms with E-state index in [1.165, 1.54) is 24.4 Å². The van der Waals surface area contributed by atoms with Crippen molar-refractivity contribution in [3.63, 3.8) is 0 Å². The zero-order chi connectivity index (χ0) is 17.1. The van der Waals surface area contributed by atoms with Crippen LogP contribution in [0.2, 0.25) is 5.02 Å². The van der Waals surface area contributed by atoms with Gasteiger partial charge >= 0.3 is 0 Å². The molecule has 0 bridgehead atoms. The van der Waals surface area contributed by atoms with Crippen LogP contribution in [0.5, 0.6) is 11.6 Å². The minimum atomic E-state index is -0.531. The first kappa shape index (κ1) is 15.9. The van der Waals surface area contributed by atoms with Gasteiger partial charge in [-0.25, -0.2) is 14.4 Å². The van der Waals surface area contributed by atoms with Crippen LogP contribution in [0.4, 0.5) is 4.39 Å². The average Bonchev–Trinajstić information content (AvgIpc) is 2.98. The molecule has 0 saturated heterocycles. The molecular weight excluding hydrogens is 335 g/mol. The van der Waals surface area contributed by atoms with Gasteiger partial charge in [-0.15, -0.1) is 0 Å². The predicted molar refractivity (Wildman–Crippen MR) is 86.4 cm³/mol. The third-order valence-corrected chi connectivity index (χ3v) is 3.54. The third-order valence-electron chi connectivity index (χ3n) is 3.26. The van der Waals surface area contributed by atoms with Crippen molar-refractivity contribution in [1.82, 2.24) is 14.5 Å². The van der Waals surface area contributed by atoms with Crippen LogP contribution in [0.25, 0.3) is 0 Å². The standard InChI is InChI=1S/C16H12ClFN4O2/c1-10-19-6-7-22(10)16(21-23)11-4-5-20-15(8-11)24-12-2-3-14(18)13(17)9-12/h2-9,23H,1H3/b21-16-. The Labute approximate surface area is 141 Å². The molecule has 1 N–H and O–H groups in total. The van der Waals surface area contributed by atoms with Gasteiger partial charge in [0.2, 0.25) is 5.88 Å². The maximum Gasteiger partial charge on any atom is 0.219 e. The second-order valence-corrected chi connectivity index (χ2v) is 5.24. The molecule has 0 spiro atoms. The van der Waals surface area contributed by atoms with Crippen LogP contribution in [-0.2, 0) is 0 Å². The minimum absolute atomic E-state index is 0.0460. The number of nitrogens with zero attached hydrogens (tertiary/aromatic N) is 4. The highest BCUT2D eigenvalue weighted by Crippen LogP contribution is 2.25. The molecule has 0 fully saturated rings. The van der Waals surface area contributed by atoms with Crippen LogP contribution in [0.1, 0.15) is 11.4 Å². The summed E-state index contributed by atoms with van der Waals surface area (Å²) in [5.41, 5.74) is 0.566. The van der Waals surface area contributed by atoms with E-state index in [4.69, 9.17) is 16.3 Å². The smallest absolute Gasteiger partial charge is 0.219 e. The van der Waals surface area contributed by atoms with E-state index in [1.807, 2.05) is 0 Å². The molecule has 122 valence electrons. The van der Waals surface area contributed by atoms with E-state index in [9.17, 15) is 9.60 Å². The first-order valence-corrected chi connectivity index (χ1v) is 7.28. The van der Waals surface area contributed by atoms with Crippen molar-refractivity contribution in [2.75, 3.05) is 0 Å². The molecule has 24 heavy (non-hydrogen) atoms. The van der Waals surface area contributed by atoms with Crippen LogP contribution >= 0.6 is 11.6 Å². The van der Waals surface area contributed by atoms with Crippen molar-refractivity contribution in [2.45, 2.75) is 6.92 Å². The lowest BCUT2D eigenvalue weighted by Gasteiger charge is -2.10. The van der Waals surface area contributed by atoms with Gasteiger partial charge in [0.1, 0.15) is 17.4 Å². The summed E-state index contributed by atoms with van der Waals surface area (Å²) in [6.45, 7) is 1.78. The largest absolute Gasteiger partial charge is 0.439 e. The Morgan fingerprint density at radius 1 is 1.25 bits per heavy atom. The minimum Gasteiger partial charge on any atom is -0.439 e. The molecular formula is C16H12ClFN4O2. The Balaban J connectivity index is 1.91. The second-order valence-electron chi connectivity index (χ2n) is 4.83. The van der Waals surface area contributed by atoms with E-state index in [1.54, 1.807) is 36.0 Å². The summed E-state index contributed by atoms with van der Waals surface area (Å²) >= 11 is 5.73. The van der Waals surface area contributed by atoms with Crippen LogP contribution in [-0.4, -0.2) is 25.6 Å². The number of pyridine rings is 1. The monoisotopic (exact) mass is 346 g/mol. The van der Waals surface area contributed by atoms with Gasteiger partial charge in [0.25, 0.3) is 0 Å². The Kier molecular flexibility index (Phi) is 4.43. The molecule has 3 rings (SSSR count). The number of hydrogen-bond donors (Lipinski definition) is 1. The van der Waals surface area contributed by atoms with Gasteiger partial charge in [-0.05, 0) is 25.1 Å². The number of rotatable bonds is 3. The summed E-state index contributed by atoms with van der Waals surface area (Å²) < 4.78 is 20.4. The van der Waals surface area contributed by atoms with Crippen LogP contribution in [0.15, 0.2) is 54.1 Å². The molecule has 2 heterocycles. The van der Waals surface area contributed by atoms with E-state index in [0.717, 1.165) is 0 Å². The van der Waals surface area contributed by atoms with Crippen molar-refractivity contribution >= 4 is 17.4 Å². The quantitative estimate of drug-likeness (QED) is 0.338. The summed E-state index contributed by atoms with van der Waals surface area (Å²) in [6.07, 6.45) is 4.78. The molecule has 8 heteroatoms. The lowest BCUT2D eigenvalue weighted by molar-refractivity contribution is 0.317. The first-order valence-electron chi connectivity index (χ1n) is 6.90. The van der Waals surface area contributed by atoms with E-state index in [2.05, 4.69) is 15.1 Å². The topological polar surface area (TPSA) is 72.5 Å². The average molecular weight is 347 g/mol. The van der Waals surface area contributed by atoms with E-state index < -0.39 is 5.82 Å². The molecule has 3 aromatic rings. The number of hydrogen-bond acceptors (Lipinski definition) is 5. The summed E-state index contributed by atoms with van der Waals surface area (Å²) in [5.74, 6) is 0.985. The highest BCUT2D eigenvalue weighted by atomic mass is 35.5. The van der Waals surface area contributed by atoms with Crippen LogP contribution in [0, 0.1) is 12.7 Å². The fourth-order valence-electron chi connectivity index (χ4n) is 2.11. The fraction of sp³-hybridized carbons (Fsp3) is 0.0625. The molecule has 0 aliphatic rings. The Morgan fingerprint density at radius 3 is 2.75 bits per heavy atom. The number of oxime groups is 1. The first-order chi connectivity index (χ1) is 11.6. The lowest BCUT2D eigenvalue weighted by atomic mass is 10.2. The summed E-state index contributed by atoms with van der Waals surface area (Å²) in [7, 11) is 0. The third kappa shape index (κ3) is 3.21. The molecule has 1 aromatic carbocycles. The summed E-state index contributed by atoms with van der Waals surface area (Å²) in [4.78, 5) is 8.18. The van der Waals surface area contributed by atoms with Crippen molar-refractivity contribution < 1.29 is 14.3 Å². The van der Waals surface area contributed by atoms with Gasteiger partial charge in [0.05, 0.1) is 5.02 Å². The number of aryl methyl sites for hydroxylation is 1. The molecule has 6 nitrogen and oxygen atoms in total. The second kappa shape index (κ2) is 6.67. The molecule has 0 aliphatic carbocycles. The number of aromatic nitrogens is 3. The summed E-state index contributed by atoms with van der Waals surface area (Å²) in [6, 6.07) is 7.25. The van der Waals surface area contributed by atoms with Gasteiger partial charge in [-0.3, -0.25) is 4.57 Å². The molecule has 0 radical (unpaired) electrons. The molecule has 0 aliphatic heterocycles. The maximum atomic E-state index is 13.2. The van der Waals surface area contributed by atoms with Gasteiger partial charge in [0.15, 0.2) is 5.84 Å². The molecule has 0 unspecified atom stereocenters. The normalized spacial score (nSPS) is 11.5. The summed E-state index contributed by atoms with van der Waals surface area (Å²) in [5, 5.41) is 12.6. The van der Waals surface area contributed by atoms with E-state index in [-0.39, 0.29) is 16.7 Å². The highest BCUT2D eigenvalue weighted by molar-refractivity contribution is 6.30. The van der Waals surface area contributed by atoms with Crippen molar-refractivity contribution in [1.29, 1.82) is 0 Å². The lowest BCUT2D eigenvalue weighted by Crippen LogP contribution is -2.14. The van der Waals surface area contributed by atoms with E-state index >= 15 is 0 Å². The zero-order valence-electron chi connectivity index (χ0n) is 12.5. The molecule has 0 amide bonds. The maximum absolute atomic E-state index is 13.2. The number of halogens is 2. The molecule has 0 atom stereocenters. The van der Waals surface area contributed by atoms with Crippen LogP contribution < -0.4 is 4.74 Å². The fourth-order valence-corrected chi connectivity index (χ4v) is 2.28. The Hall–Kier alpha value is -2.93. The van der Waals surface area contributed by atoms with Crippen LogP contribution in [0.3, 0.4) is 0 Å². The van der Waals surface area contributed by atoms with Crippen molar-refractivity contribution in [3.05, 3.63) is 71.2 Å². The zero-order valence-corrected chi connectivity index (χ0v) is 13.3. The Bertz CT molecular complexity index is 911. The SMILES string of the molecule is Cc1nccn1/C(=N\O)c1ccnc(Oc2ccc(F)c(Cl)c2)c1. The van der Waals surface area contributed by atoms with Gasteiger partial charge in [0, 0.05) is 36.3 Å². The molecule has 2 aromatic heterocycles. The van der Waals surface area contributed by atoms with Gasteiger partial charge in [-0.2, -0.15) is 0 Å². The predicted octanol–water partition coefficient (Wildman–Crippen LogP) is 3.86. The Morgan fingerprint density at radius 2 is 2.08 bits per heavy atom. The number of ether oxygens (including phenoxy) is 1. The molecule has 0 saturated carbocycles. The van der Waals surface area contributed by atoms with Gasteiger partial charge < -0.3 is 9.94 Å². The number of imidazole rings is 1. The van der Waals surface area contributed by atoms with E-state index in [0.29, 0.717) is 17.1 Å². The van der Waals surface area contributed by atoms with Crippen molar-refractivity contribution in [3.8, 4) is 11.6 Å². The van der Waals surface area contributed by atoms with Gasteiger partial charge in [-0.1, -0.05) is 16.8 Å². The number of benzene rings is 1.